The molecule has 0 amide bonds. The van der Waals surface area contributed by atoms with Crippen LogP contribution in [-0.4, -0.2) is 27.7 Å². The van der Waals surface area contributed by atoms with Crippen LogP contribution in [0.4, 0.5) is 11.6 Å². The van der Waals surface area contributed by atoms with Gasteiger partial charge in [-0.05, 0) is 19.3 Å². The van der Waals surface area contributed by atoms with Crippen LogP contribution in [0.2, 0.25) is 0 Å². The van der Waals surface area contributed by atoms with Crippen molar-refractivity contribution in [1.29, 1.82) is 0 Å². The van der Waals surface area contributed by atoms with Gasteiger partial charge < -0.3 is 16.2 Å². The molecule has 1 aromatic rings. The van der Waals surface area contributed by atoms with E-state index in [0.717, 1.165) is 50.0 Å². The van der Waals surface area contributed by atoms with Crippen molar-refractivity contribution in [2.24, 2.45) is 5.92 Å². The molecule has 18 heavy (non-hydrogen) atoms. The van der Waals surface area contributed by atoms with Crippen molar-refractivity contribution >= 4 is 11.6 Å². The summed E-state index contributed by atoms with van der Waals surface area (Å²) in [5.41, 5.74) is 6.87. The summed E-state index contributed by atoms with van der Waals surface area (Å²) >= 11 is 0. The summed E-state index contributed by atoms with van der Waals surface area (Å²) in [6, 6.07) is 0. The van der Waals surface area contributed by atoms with E-state index in [1.807, 2.05) is 0 Å². The van der Waals surface area contributed by atoms with E-state index in [1.165, 1.54) is 6.33 Å². The van der Waals surface area contributed by atoms with E-state index in [4.69, 9.17) is 5.73 Å². The molecule has 2 unspecified atom stereocenters. The molecule has 2 rings (SSSR count). The van der Waals surface area contributed by atoms with E-state index < -0.39 is 0 Å². The van der Waals surface area contributed by atoms with Gasteiger partial charge in [-0.3, -0.25) is 0 Å². The Hall–Kier alpha value is -1.36. The Morgan fingerprint density at radius 2 is 2.28 bits per heavy atom. The van der Waals surface area contributed by atoms with Crippen LogP contribution in [0.15, 0.2) is 6.33 Å². The Balaban J connectivity index is 2.02. The second-order valence-corrected chi connectivity index (χ2v) is 4.98. The molecule has 1 aliphatic rings. The van der Waals surface area contributed by atoms with E-state index >= 15 is 0 Å². The number of aromatic nitrogens is 2. The Bertz CT molecular complexity index is 397. The maximum Gasteiger partial charge on any atom is 0.134 e. The zero-order valence-corrected chi connectivity index (χ0v) is 10.9. The Morgan fingerprint density at radius 3 is 2.94 bits per heavy atom. The molecule has 100 valence electrons. The van der Waals surface area contributed by atoms with E-state index in [1.54, 1.807) is 0 Å². The predicted octanol–water partition coefficient (Wildman–Crippen LogP) is 1.58. The van der Waals surface area contributed by atoms with Crippen LogP contribution in [0.25, 0.3) is 0 Å². The first kappa shape index (κ1) is 13.1. The summed E-state index contributed by atoms with van der Waals surface area (Å²) in [5, 5.41) is 13.1. The monoisotopic (exact) mass is 250 g/mol. The number of nitrogens with zero attached hydrogens (tertiary/aromatic N) is 2. The predicted molar refractivity (Wildman–Crippen MR) is 72.3 cm³/mol. The second kappa shape index (κ2) is 6.00. The molecular formula is C13H22N4O. The molecule has 1 aliphatic carbocycles. The van der Waals surface area contributed by atoms with Gasteiger partial charge in [0.2, 0.25) is 0 Å². The van der Waals surface area contributed by atoms with Gasteiger partial charge in [-0.15, -0.1) is 0 Å². The molecule has 1 fully saturated rings. The van der Waals surface area contributed by atoms with E-state index in [2.05, 4.69) is 22.2 Å². The summed E-state index contributed by atoms with van der Waals surface area (Å²) < 4.78 is 0. The van der Waals surface area contributed by atoms with Crippen LogP contribution in [0.5, 0.6) is 0 Å². The minimum Gasteiger partial charge on any atom is -0.393 e. The quantitative estimate of drug-likeness (QED) is 0.739. The third-order valence-corrected chi connectivity index (χ3v) is 3.63. The van der Waals surface area contributed by atoms with Gasteiger partial charge in [0.15, 0.2) is 0 Å². The number of nitrogens with one attached hydrogen (secondary N) is 1. The zero-order chi connectivity index (χ0) is 13.0. The first-order chi connectivity index (χ1) is 8.72. The van der Waals surface area contributed by atoms with Crippen LogP contribution < -0.4 is 11.1 Å². The molecule has 0 saturated heterocycles. The van der Waals surface area contributed by atoms with Gasteiger partial charge in [-0.1, -0.05) is 19.8 Å². The lowest BCUT2D eigenvalue weighted by atomic mass is 10.1. The molecule has 5 heteroatoms. The molecule has 0 spiro atoms. The second-order valence-electron chi connectivity index (χ2n) is 4.98. The van der Waals surface area contributed by atoms with Crippen molar-refractivity contribution in [2.45, 2.75) is 45.1 Å². The number of aliphatic hydroxyl groups is 1. The topological polar surface area (TPSA) is 84.1 Å². The SMILES string of the molecule is CCCc1c(N)ncnc1NCC1CCCC1O. The fourth-order valence-corrected chi connectivity index (χ4v) is 2.56. The fraction of sp³-hybridized carbons (Fsp3) is 0.692. The highest BCUT2D eigenvalue weighted by Crippen LogP contribution is 2.26. The van der Waals surface area contributed by atoms with Crippen molar-refractivity contribution < 1.29 is 5.11 Å². The third kappa shape index (κ3) is 2.90. The molecule has 0 aromatic carbocycles. The van der Waals surface area contributed by atoms with Gasteiger partial charge in [0.25, 0.3) is 0 Å². The normalized spacial score (nSPS) is 23.2. The minimum atomic E-state index is -0.175. The number of hydrogen-bond donors (Lipinski definition) is 3. The lowest BCUT2D eigenvalue weighted by molar-refractivity contribution is 0.138. The highest BCUT2D eigenvalue weighted by molar-refractivity contribution is 5.55. The number of hydrogen-bond acceptors (Lipinski definition) is 5. The number of nitrogens with two attached hydrogens (primary N) is 1. The van der Waals surface area contributed by atoms with E-state index in [9.17, 15) is 5.11 Å². The molecule has 1 aromatic heterocycles. The van der Waals surface area contributed by atoms with Gasteiger partial charge >= 0.3 is 0 Å². The van der Waals surface area contributed by atoms with Crippen molar-refractivity contribution in [2.75, 3.05) is 17.6 Å². The van der Waals surface area contributed by atoms with Crippen molar-refractivity contribution in [1.82, 2.24) is 9.97 Å². The molecule has 0 radical (unpaired) electrons. The highest BCUT2D eigenvalue weighted by atomic mass is 16.3. The standard InChI is InChI=1S/C13H22N4O/c1-2-4-10-12(14)16-8-17-13(10)15-7-9-5-3-6-11(9)18/h8-9,11,18H,2-7H2,1H3,(H3,14,15,16,17). The van der Waals surface area contributed by atoms with Gasteiger partial charge in [0.1, 0.15) is 18.0 Å². The maximum absolute atomic E-state index is 9.80. The molecular weight excluding hydrogens is 228 g/mol. The molecule has 5 nitrogen and oxygen atoms in total. The first-order valence-electron chi connectivity index (χ1n) is 6.73. The molecule has 1 saturated carbocycles. The zero-order valence-electron chi connectivity index (χ0n) is 10.9. The Kier molecular flexibility index (Phi) is 4.36. The van der Waals surface area contributed by atoms with Gasteiger partial charge in [0, 0.05) is 18.0 Å². The van der Waals surface area contributed by atoms with E-state index in [0.29, 0.717) is 11.7 Å². The van der Waals surface area contributed by atoms with Gasteiger partial charge in [-0.2, -0.15) is 0 Å². The first-order valence-corrected chi connectivity index (χ1v) is 6.73. The fourth-order valence-electron chi connectivity index (χ4n) is 2.56. The Morgan fingerprint density at radius 1 is 1.44 bits per heavy atom. The van der Waals surface area contributed by atoms with Crippen LogP contribution >= 0.6 is 0 Å². The van der Waals surface area contributed by atoms with Crippen LogP contribution in [-0.2, 0) is 6.42 Å². The Labute approximate surface area is 108 Å². The number of anilines is 2. The highest BCUT2D eigenvalue weighted by Gasteiger charge is 2.25. The number of nitrogen functional groups attached to an aromatic ring is 1. The minimum absolute atomic E-state index is 0.175. The molecule has 0 bridgehead atoms. The molecule has 0 aliphatic heterocycles. The van der Waals surface area contributed by atoms with Crippen molar-refractivity contribution in [3.05, 3.63) is 11.9 Å². The maximum atomic E-state index is 9.80. The lowest BCUT2D eigenvalue weighted by Crippen LogP contribution is -2.23. The largest absolute Gasteiger partial charge is 0.393 e. The average Bonchev–Trinajstić information content (AvgIpc) is 2.76. The molecule has 1 heterocycles. The lowest BCUT2D eigenvalue weighted by Gasteiger charge is -2.17. The summed E-state index contributed by atoms with van der Waals surface area (Å²) in [5.74, 6) is 1.71. The summed E-state index contributed by atoms with van der Waals surface area (Å²) in [6.07, 6.45) is 6.31. The van der Waals surface area contributed by atoms with Crippen LogP contribution in [0.3, 0.4) is 0 Å². The number of aliphatic hydroxyl groups excluding tert-OH is 1. The van der Waals surface area contributed by atoms with Crippen LogP contribution in [0.1, 0.15) is 38.2 Å². The average molecular weight is 250 g/mol. The third-order valence-electron chi connectivity index (χ3n) is 3.63. The van der Waals surface area contributed by atoms with Crippen LogP contribution in [0, 0.1) is 5.92 Å². The summed E-state index contributed by atoms with van der Waals surface area (Å²) in [6.45, 7) is 2.87. The smallest absolute Gasteiger partial charge is 0.134 e. The van der Waals surface area contributed by atoms with Gasteiger partial charge in [0.05, 0.1) is 6.10 Å². The number of rotatable bonds is 5. The van der Waals surface area contributed by atoms with Gasteiger partial charge in [-0.25, -0.2) is 9.97 Å². The van der Waals surface area contributed by atoms with Crippen molar-refractivity contribution in [3.63, 3.8) is 0 Å². The molecule has 4 N–H and O–H groups in total. The summed E-state index contributed by atoms with van der Waals surface area (Å²) in [4.78, 5) is 8.29. The molecule has 2 atom stereocenters. The van der Waals surface area contributed by atoms with Crippen molar-refractivity contribution in [3.8, 4) is 0 Å². The summed E-state index contributed by atoms with van der Waals surface area (Å²) in [7, 11) is 0. The van der Waals surface area contributed by atoms with E-state index in [-0.39, 0.29) is 6.10 Å².